The van der Waals surface area contributed by atoms with Gasteiger partial charge < -0.3 is 19.3 Å². The van der Waals surface area contributed by atoms with E-state index < -0.39 is 5.91 Å². The summed E-state index contributed by atoms with van der Waals surface area (Å²) in [4.78, 5) is 11.9. The number of aryl methyl sites for hydroxylation is 2. The smallest absolute Gasteiger partial charge is 0.277 e. The number of hydrogen-bond acceptors (Lipinski definition) is 6. The normalized spacial score (nSPS) is 10.7. The first kappa shape index (κ1) is 20.6. The molecule has 2 rings (SSSR count). The van der Waals surface area contributed by atoms with Crippen molar-refractivity contribution in [2.75, 3.05) is 20.8 Å². The number of hydrogen-bond donors (Lipinski definition) is 2. The van der Waals surface area contributed by atoms with E-state index in [0.29, 0.717) is 11.3 Å². The monoisotopic (exact) mass is 436 g/mol. The number of carbonyl (C=O) groups excluding carboxylic acids is 1. The van der Waals surface area contributed by atoms with Crippen LogP contribution in [-0.2, 0) is 4.79 Å². The number of rotatable bonds is 7. The van der Waals surface area contributed by atoms with Crippen molar-refractivity contribution >= 4 is 28.1 Å². The summed E-state index contributed by atoms with van der Waals surface area (Å²) in [6, 6.07) is 6.98. The maximum atomic E-state index is 11.9. The van der Waals surface area contributed by atoms with E-state index >= 15 is 0 Å². The van der Waals surface area contributed by atoms with E-state index in [1.807, 2.05) is 26.0 Å². The number of aromatic hydroxyl groups is 1. The third-order valence-electron chi connectivity index (χ3n) is 3.68. The number of nitrogens with zero attached hydrogens (tertiary/aromatic N) is 1. The molecule has 7 nitrogen and oxygen atoms in total. The summed E-state index contributed by atoms with van der Waals surface area (Å²) in [6.45, 7) is 3.66. The standard InChI is InChI=1S/C19H21BrN2O5/c1-11-5-14(20)6-12(2)19(11)27-10-17(23)22-21-9-13-7-15(25-3)18(24)16(8-13)26-4/h5-9,24H,10H2,1-4H3,(H,22,23)/b21-9-. The summed E-state index contributed by atoms with van der Waals surface area (Å²) >= 11 is 3.42. The fourth-order valence-electron chi connectivity index (χ4n) is 2.46. The summed E-state index contributed by atoms with van der Waals surface area (Å²) in [5.41, 5.74) is 4.84. The van der Waals surface area contributed by atoms with Crippen LogP contribution in [0, 0.1) is 13.8 Å². The van der Waals surface area contributed by atoms with Gasteiger partial charge in [-0.3, -0.25) is 4.79 Å². The highest BCUT2D eigenvalue weighted by Gasteiger charge is 2.11. The molecule has 2 aromatic rings. The third-order valence-corrected chi connectivity index (χ3v) is 4.14. The second kappa shape index (κ2) is 9.27. The van der Waals surface area contributed by atoms with Gasteiger partial charge in [-0.1, -0.05) is 15.9 Å². The molecule has 1 amide bonds. The Morgan fingerprint density at radius 2 is 1.70 bits per heavy atom. The largest absolute Gasteiger partial charge is 0.502 e. The fraction of sp³-hybridized carbons (Fsp3) is 0.263. The number of phenols is 1. The second-order valence-corrected chi connectivity index (χ2v) is 6.64. The van der Waals surface area contributed by atoms with Crippen molar-refractivity contribution in [3.8, 4) is 23.0 Å². The molecule has 0 fully saturated rings. The van der Waals surface area contributed by atoms with Gasteiger partial charge >= 0.3 is 0 Å². The van der Waals surface area contributed by atoms with E-state index in [9.17, 15) is 9.90 Å². The Hall–Kier alpha value is -2.74. The van der Waals surface area contributed by atoms with Gasteiger partial charge in [0.15, 0.2) is 18.1 Å². The predicted octanol–water partition coefficient (Wildman–Crippen LogP) is 3.32. The molecule has 8 heteroatoms. The van der Waals surface area contributed by atoms with Crippen molar-refractivity contribution < 1.29 is 24.1 Å². The molecule has 2 N–H and O–H groups in total. The lowest BCUT2D eigenvalue weighted by atomic mass is 10.1. The van der Waals surface area contributed by atoms with Crippen LogP contribution >= 0.6 is 15.9 Å². The minimum absolute atomic E-state index is 0.102. The fourth-order valence-corrected chi connectivity index (χ4v) is 3.15. The highest BCUT2D eigenvalue weighted by atomic mass is 79.9. The molecule has 0 aliphatic heterocycles. The third kappa shape index (κ3) is 5.37. The number of ether oxygens (including phenoxy) is 3. The number of carbonyl (C=O) groups is 1. The van der Waals surface area contributed by atoms with Crippen molar-refractivity contribution in [3.63, 3.8) is 0 Å². The first-order valence-corrected chi connectivity index (χ1v) is 8.81. The molecule has 0 heterocycles. The van der Waals surface area contributed by atoms with Crippen LogP contribution in [0.2, 0.25) is 0 Å². The lowest BCUT2D eigenvalue weighted by Crippen LogP contribution is -2.25. The summed E-state index contributed by atoms with van der Waals surface area (Å²) in [5, 5.41) is 13.8. The summed E-state index contributed by atoms with van der Waals surface area (Å²) < 4.78 is 16.7. The molecular formula is C19H21BrN2O5. The molecule has 0 aliphatic rings. The molecule has 0 aliphatic carbocycles. The zero-order chi connectivity index (χ0) is 20.0. The van der Waals surface area contributed by atoms with Gasteiger partial charge in [-0.25, -0.2) is 5.43 Å². The Kier molecular flexibility index (Phi) is 7.06. The van der Waals surface area contributed by atoms with E-state index in [1.165, 1.54) is 20.4 Å². The molecule has 27 heavy (non-hydrogen) atoms. The lowest BCUT2D eigenvalue weighted by Gasteiger charge is -2.12. The molecular weight excluding hydrogens is 416 g/mol. The van der Waals surface area contributed by atoms with Gasteiger partial charge in [0, 0.05) is 10.0 Å². The van der Waals surface area contributed by atoms with Gasteiger partial charge in [0.05, 0.1) is 20.4 Å². The van der Waals surface area contributed by atoms with Crippen molar-refractivity contribution in [3.05, 3.63) is 45.4 Å². The minimum Gasteiger partial charge on any atom is -0.502 e. The second-order valence-electron chi connectivity index (χ2n) is 5.72. The van der Waals surface area contributed by atoms with E-state index in [2.05, 4.69) is 26.5 Å². The van der Waals surface area contributed by atoms with Crippen molar-refractivity contribution in [2.24, 2.45) is 5.10 Å². The van der Waals surface area contributed by atoms with Crippen molar-refractivity contribution in [1.82, 2.24) is 5.43 Å². The SMILES string of the molecule is COc1cc(/C=N\NC(=O)COc2c(C)cc(Br)cc2C)cc(OC)c1O. The molecule has 0 saturated carbocycles. The van der Waals surface area contributed by atoms with Gasteiger partial charge in [-0.2, -0.15) is 5.10 Å². The van der Waals surface area contributed by atoms with E-state index in [-0.39, 0.29) is 23.9 Å². The molecule has 144 valence electrons. The average Bonchev–Trinajstić information content (AvgIpc) is 2.61. The van der Waals surface area contributed by atoms with E-state index in [4.69, 9.17) is 14.2 Å². The first-order valence-electron chi connectivity index (χ1n) is 8.02. The summed E-state index contributed by atoms with van der Waals surface area (Å²) in [7, 11) is 2.86. The van der Waals surface area contributed by atoms with Crippen LogP contribution in [0.5, 0.6) is 23.0 Å². The quantitative estimate of drug-likeness (QED) is 0.513. The maximum absolute atomic E-state index is 11.9. The Bertz CT molecular complexity index is 819. The van der Waals surface area contributed by atoms with Crippen LogP contribution in [0.25, 0.3) is 0 Å². The minimum atomic E-state index is -0.398. The Balaban J connectivity index is 1.98. The number of hydrazone groups is 1. The molecule has 0 unspecified atom stereocenters. The molecule has 0 bridgehead atoms. The van der Waals surface area contributed by atoms with Crippen molar-refractivity contribution in [2.45, 2.75) is 13.8 Å². The highest BCUT2D eigenvalue weighted by Crippen LogP contribution is 2.36. The maximum Gasteiger partial charge on any atom is 0.277 e. The lowest BCUT2D eigenvalue weighted by molar-refractivity contribution is -0.123. The zero-order valence-corrected chi connectivity index (χ0v) is 17.1. The number of nitrogens with one attached hydrogen (secondary N) is 1. The topological polar surface area (TPSA) is 89.4 Å². The average molecular weight is 437 g/mol. The number of methoxy groups -OCH3 is 2. The molecule has 0 radical (unpaired) electrons. The van der Waals surface area contributed by atoms with Gasteiger partial charge in [0.2, 0.25) is 5.75 Å². The molecule has 2 aromatic carbocycles. The molecule has 0 saturated heterocycles. The number of benzene rings is 2. The van der Waals surface area contributed by atoms with E-state index in [0.717, 1.165) is 15.6 Å². The zero-order valence-electron chi connectivity index (χ0n) is 15.5. The molecule has 0 aromatic heterocycles. The Morgan fingerprint density at radius 1 is 1.15 bits per heavy atom. The predicted molar refractivity (Wildman–Crippen MR) is 106 cm³/mol. The van der Waals surface area contributed by atoms with Gasteiger partial charge in [0.1, 0.15) is 5.75 Å². The van der Waals surface area contributed by atoms with Crippen molar-refractivity contribution in [1.29, 1.82) is 0 Å². The van der Waals surface area contributed by atoms with Gasteiger partial charge in [0.25, 0.3) is 5.91 Å². The van der Waals surface area contributed by atoms with Crippen LogP contribution in [0.3, 0.4) is 0 Å². The van der Waals surface area contributed by atoms with Gasteiger partial charge in [-0.15, -0.1) is 0 Å². The van der Waals surface area contributed by atoms with Crippen LogP contribution in [0.1, 0.15) is 16.7 Å². The number of phenolic OH excluding ortho intramolecular Hbond substituents is 1. The highest BCUT2D eigenvalue weighted by molar-refractivity contribution is 9.10. The molecule has 0 atom stereocenters. The van der Waals surface area contributed by atoms with Crippen LogP contribution in [-0.4, -0.2) is 38.1 Å². The Morgan fingerprint density at radius 3 is 2.22 bits per heavy atom. The number of halogens is 1. The van der Waals surface area contributed by atoms with Crippen LogP contribution in [0.15, 0.2) is 33.8 Å². The van der Waals surface area contributed by atoms with Crippen LogP contribution < -0.4 is 19.6 Å². The summed E-state index contributed by atoms with van der Waals surface area (Å²) in [6.07, 6.45) is 1.42. The molecule has 0 spiro atoms. The number of amides is 1. The first-order chi connectivity index (χ1) is 12.8. The van der Waals surface area contributed by atoms with Crippen LogP contribution in [0.4, 0.5) is 0 Å². The summed E-state index contributed by atoms with van der Waals surface area (Å²) in [5.74, 6) is 0.657. The van der Waals surface area contributed by atoms with E-state index in [1.54, 1.807) is 12.1 Å². The Labute approximate surface area is 166 Å². The van der Waals surface area contributed by atoms with Gasteiger partial charge in [-0.05, 0) is 49.2 Å².